The number of halogens is 1. The summed E-state index contributed by atoms with van der Waals surface area (Å²) in [5.74, 6) is 0.146. The first-order valence-corrected chi connectivity index (χ1v) is 5.73. The van der Waals surface area contributed by atoms with Crippen LogP contribution in [-0.4, -0.2) is 11.6 Å². The van der Waals surface area contributed by atoms with Gasteiger partial charge in [-0.2, -0.15) is 0 Å². The van der Waals surface area contributed by atoms with Crippen LogP contribution in [-0.2, 0) is 9.59 Å². The minimum absolute atomic E-state index is 0.0460. The van der Waals surface area contributed by atoms with Gasteiger partial charge in [-0.05, 0) is 30.0 Å². The van der Waals surface area contributed by atoms with Gasteiger partial charge in [-0.15, -0.1) is 0 Å². The summed E-state index contributed by atoms with van der Waals surface area (Å²) in [5, 5.41) is 0.720. The molecule has 1 aromatic rings. The number of rotatable bonds is 1. The molecule has 0 radical (unpaired) electrons. The second-order valence-electron chi connectivity index (χ2n) is 4.37. The zero-order chi connectivity index (χ0) is 11.7. The molecule has 1 aromatic carbocycles. The maximum atomic E-state index is 11.4. The Morgan fingerprint density at radius 3 is 2.38 bits per heavy atom. The van der Waals surface area contributed by atoms with Crippen LogP contribution < -0.4 is 0 Å². The third-order valence-electron chi connectivity index (χ3n) is 3.00. The van der Waals surface area contributed by atoms with Gasteiger partial charge in [-0.25, -0.2) is 0 Å². The van der Waals surface area contributed by atoms with Gasteiger partial charge in [0.1, 0.15) is 11.6 Å². The molecular formula is C13H13ClO2. The molecule has 0 amide bonds. The first-order chi connectivity index (χ1) is 7.56. The Balaban J connectivity index is 2.26. The maximum absolute atomic E-state index is 11.4. The van der Waals surface area contributed by atoms with Crippen molar-refractivity contribution in [2.24, 2.45) is 0 Å². The van der Waals surface area contributed by atoms with E-state index in [1.54, 1.807) is 0 Å². The second-order valence-corrected chi connectivity index (χ2v) is 4.78. The molecule has 0 spiro atoms. The lowest BCUT2D eigenvalue weighted by Gasteiger charge is -2.20. The first-order valence-electron chi connectivity index (χ1n) is 5.35. The Bertz CT molecular complexity index is 435. The number of carbonyl (C=O) groups excluding carboxylic acids is 2. The molecule has 0 heterocycles. The molecule has 2 nitrogen and oxygen atoms in total. The number of aryl methyl sites for hydroxylation is 1. The molecule has 16 heavy (non-hydrogen) atoms. The molecule has 1 saturated carbocycles. The third kappa shape index (κ3) is 2.33. The summed E-state index contributed by atoms with van der Waals surface area (Å²) >= 11 is 5.94. The van der Waals surface area contributed by atoms with Crippen molar-refractivity contribution in [2.75, 3.05) is 0 Å². The third-order valence-corrected chi connectivity index (χ3v) is 3.42. The number of carbonyl (C=O) groups is 2. The van der Waals surface area contributed by atoms with Crippen molar-refractivity contribution >= 4 is 23.2 Å². The van der Waals surface area contributed by atoms with Gasteiger partial charge in [-0.3, -0.25) is 9.59 Å². The highest BCUT2D eigenvalue weighted by molar-refractivity contribution is 6.31. The van der Waals surface area contributed by atoms with Crippen molar-refractivity contribution in [1.82, 2.24) is 0 Å². The van der Waals surface area contributed by atoms with Crippen LogP contribution in [0.3, 0.4) is 0 Å². The highest BCUT2D eigenvalue weighted by Gasteiger charge is 2.26. The molecule has 0 saturated heterocycles. The average Bonchev–Trinajstić information content (AvgIpc) is 2.20. The summed E-state index contributed by atoms with van der Waals surface area (Å²) < 4.78 is 0. The Morgan fingerprint density at radius 2 is 1.81 bits per heavy atom. The van der Waals surface area contributed by atoms with Gasteiger partial charge in [0.05, 0.1) is 6.42 Å². The van der Waals surface area contributed by atoms with E-state index in [0.29, 0.717) is 12.8 Å². The molecule has 0 atom stereocenters. The molecule has 0 unspecified atom stereocenters. The van der Waals surface area contributed by atoms with Gasteiger partial charge < -0.3 is 0 Å². The molecule has 0 aliphatic heterocycles. The topological polar surface area (TPSA) is 34.1 Å². The highest BCUT2D eigenvalue weighted by atomic mass is 35.5. The van der Waals surface area contributed by atoms with Gasteiger partial charge in [0.25, 0.3) is 0 Å². The van der Waals surface area contributed by atoms with E-state index in [-0.39, 0.29) is 23.9 Å². The normalized spacial score (nSPS) is 17.9. The van der Waals surface area contributed by atoms with Gasteiger partial charge in [0, 0.05) is 17.9 Å². The predicted octanol–water partition coefficient (Wildman–Crippen LogP) is 3.05. The van der Waals surface area contributed by atoms with Crippen LogP contribution in [0.1, 0.15) is 36.3 Å². The van der Waals surface area contributed by atoms with Gasteiger partial charge >= 0.3 is 0 Å². The summed E-state index contributed by atoms with van der Waals surface area (Å²) in [5.41, 5.74) is 2.04. The zero-order valence-electron chi connectivity index (χ0n) is 9.13. The molecule has 84 valence electrons. The minimum Gasteiger partial charge on any atom is -0.299 e. The molecule has 2 rings (SSSR count). The van der Waals surface area contributed by atoms with Crippen LogP contribution in [0.5, 0.6) is 0 Å². The molecular weight excluding hydrogens is 224 g/mol. The van der Waals surface area contributed by atoms with Crippen molar-refractivity contribution in [3.63, 3.8) is 0 Å². The van der Waals surface area contributed by atoms with Crippen LogP contribution in [0.15, 0.2) is 18.2 Å². The lowest BCUT2D eigenvalue weighted by molar-refractivity contribution is -0.130. The fourth-order valence-electron chi connectivity index (χ4n) is 2.14. The molecule has 0 N–H and O–H groups in total. The number of benzene rings is 1. The van der Waals surface area contributed by atoms with Crippen LogP contribution >= 0.6 is 11.6 Å². The number of hydrogen-bond acceptors (Lipinski definition) is 2. The lowest BCUT2D eigenvalue weighted by atomic mass is 9.82. The van der Waals surface area contributed by atoms with E-state index in [9.17, 15) is 9.59 Å². The Hall–Kier alpha value is -1.15. The second kappa shape index (κ2) is 4.38. The summed E-state index contributed by atoms with van der Waals surface area (Å²) in [6.07, 6.45) is 1.07. The lowest BCUT2D eigenvalue weighted by Crippen LogP contribution is -2.21. The van der Waals surface area contributed by atoms with Crippen LogP contribution in [0.2, 0.25) is 5.02 Å². The molecule has 1 fully saturated rings. The van der Waals surface area contributed by atoms with Crippen molar-refractivity contribution in [1.29, 1.82) is 0 Å². The molecule has 1 aliphatic rings. The zero-order valence-corrected chi connectivity index (χ0v) is 9.88. The van der Waals surface area contributed by atoms with E-state index in [4.69, 9.17) is 11.6 Å². The van der Waals surface area contributed by atoms with Crippen LogP contribution in [0.25, 0.3) is 0 Å². The molecule has 0 aromatic heterocycles. The van der Waals surface area contributed by atoms with Crippen molar-refractivity contribution < 1.29 is 9.59 Å². The fourth-order valence-corrected chi connectivity index (χ4v) is 2.26. The van der Waals surface area contributed by atoms with Gasteiger partial charge in [-0.1, -0.05) is 23.7 Å². The van der Waals surface area contributed by atoms with E-state index in [1.807, 2.05) is 25.1 Å². The maximum Gasteiger partial charge on any atom is 0.140 e. The number of ketones is 2. The van der Waals surface area contributed by atoms with Crippen molar-refractivity contribution in [3.8, 4) is 0 Å². The summed E-state index contributed by atoms with van der Waals surface area (Å²) in [4.78, 5) is 22.7. The van der Waals surface area contributed by atoms with E-state index < -0.39 is 0 Å². The van der Waals surface area contributed by atoms with Crippen LogP contribution in [0.4, 0.5) is 0 Å². The smallest absolute Gasteiger partial charge is 0.140 e. The largest absolute Gasteiger partial charge is 0.299 e. The quantitative estimate of drug-likeness (QED) is 0.703. The fraction of sp³-hybridized carbons (Fsp3) is 0.385. The van der Waals surface area contributed by atoms with E-state index in [1.165, 1.54) is 0 Å². The summed E-state index contributed by atoms with van der Waals surface area (Å²) in [6.45, 7) is 1.93. The SMILES string of the molecule is Cc1cc(C2CC(=O)CC(=O)C2)ccc1Cl. The molecule has 0 bridgehead atoms. The average molecular weight is 237 g/mol. The standard InChI is InChI=1S/C13H13ClO2/c1-8-4-9(2-3-13(8)14)10-5-11(15)7-12(16)6-10/h2-4,10H,5-7H2,1H3. The van der Waals surface area contributed by atoms with Gasteiger partial charge in [0.2, 0.25) is 0 Å². The monoisotopic (exact) mass is 236 g/mol. The highest BCUT2D eigenvalue weighted by Crippen LogP contribution is 2.31. The van der Waals surface area contributed by atoms with E-state index >= 15 is 0 Å². The molecule has 1 aliphatic carbocycles. The molecule has 3 heteroatoms. The number of hydrogen-bond donors (Lipinski definition) is 0. The Labute approximate surface area is 99.6 Å². The Kier molecular flexibility index (Phi) is 3.10. The van der Waals surface area contributed by atoms with Gasteiger partial charge in [0.15, 0.2) is 0 Å². The minimum atomic E-state index is 0.0460. The summed E-state index contributed by atoms with van der Waals surface area (Å²) in [6, 6.07) is 5.71. The van der Waals surface area contributed by atoms with E-state index in [0.717, 1.165) is 16.1 Å². The first kappa shape index (κ1) is 11.3. The Morgan fingerprint density at radius 1 is 1.19 bits per heavy atom. The van der Waals surface area contributed by atoms with E-state index in [2.05, 4.69) is 0 Å². The predicted molar refractivity (Wildman–Crippen MR) is 62.8 cm³/mol. The van der Waals surface area contributed by atoms with Crippen molar-refractivity contribution in [3.05, 3.63) is 34.3 Å². The number of Topliss-reactive ketones (excluding diaryl/α,β-unsaturated/α-hetero) is 2. The van der Waals surface area contributed by atoms with Crippen LogP contribution in [0, 0.1) is 6.92 Å². The van der Waals surface area contributed by atoms with Crippen molar-refractivity contribution in [2.45, 2.75) is 32.1 Å². The summed E-state index contributed by atoms with van der Waals surface area (Å²) in [7, 11) is 0.